The monoisotopic (exact) mass is 241 g/mol. The van der Waals surface area contributed by atoms with Crippen LogP contribution in [0.4, 0.5) is 0 Å². The molecule has 1 aliphatic carbocycles. The van der Waals surface area contributed by atoms with Crippen LogP contribution in [0.3, 0.4) is 0 Å². The van der Waals surface area contributed by atoms with Crippen LogP contribution in [-0.4, -0.2) is 15.6 Å². The Labute approximate surface area is 102 Å². The summed E-state index contributed by atoms with van der Waals surface area (Å²) in [4.78, 5) is 4.29. The summed E-state index contributed by atoms with van der Waals surface area (Å²) in [5.41, 5.74) is 0. The summed E-state index contributed by atoms with van der Waals surface area (Å²) in [5, 5.41) is 4.29. The topological polar surface area (TPSA) is 29.9 Å². The number of hydrogen-bond donors (Lipinski definition) is 1. The molecule has 0 bridgehead atoms. The zero-order valence-electron chi connectivity index (χ0n) is 10.2. The molecule has 16 heavy (non-hydrogen) atoms. The summed E-state index contributed by atoms with van der Waals surface area (Å²) in [6.07, 6.45) is 4.32. The fourth-order valence-corrected chi connectivity index (χ4v) is 2.61. The van der Waals surface area contributed by atoms with Crippen LogP contribution in [0, 0.1) is 11.8 Å². The highest BCUT2D eigenvalue weighted by molar-refractivity contribution is 6.29. The van der Waals surface area contributed by atoms with E-state index < -0.39 is 0 Å². The molecule has 4 heteroatoms. The van der Waals surface area contributed by atoms with Crippen molar-refractivity contribution in [2.75, 3.05) is 0 Å². The number of rotatable bonds is 3. The molecule has 1 aliphatic rings. The molecule has 1 saturated carbocycles. The predicted octanol–water partition coefficient (Wildman–Crippen LogP) is 2.60. The van der Waals surface area contributed by atoms with Gasteiger partial charge in [0.15, 0.2) is 0 Å². The van der Waals surface area contributed by atoms with Gasteiger partial charge in [-0.1, -0.05) is 25.4 Å². The van der Waals surface area contributed by atoms with Crippen molar-refractivity contribution >= 4 is 11.6 Å². The third-order valence-corrected chi connectivity index (χ3v) is 4.37. The Kier molecular flexibility index (Phi) is 3.55. The van der Waals surface area contributed by atoms with E-state index in [-0.39, 0.29) is 0 Å². The average molecular weight is 242 g/mol. The lowest BCUT2D eigenvalue weighted by atomic mass is 9.98. The zero-order valence-corrected chi connectivity index (χ0v) is 11.0. The molecule has 3 atom stereocenters. The maximum absolute atomic E-state index is 5.95. The smallest absolute Gasteiger partial charge is 0.128 e. The Balaban J connectivity index is 1.91. The van der Waals surface area contributed by atoms with E-state index >= 15 is 0 Å². The molecule has 1 fully saturated rings. The summed E-state index contributed by atoms with van der Waals surface area (Å²) in [6, 6.07) is 0.630. The van der Waals surface area contributed by atoms with Crippen LogP contribution in [0.1, 0.15) is 32.5 Å². The molecule has 0 aromatic carbocycles. The number of nitrogens with zero attached hydrogens (tertiary/aromatic N) is 2. The van der Waals surface area contributed by atoms with Crippen molar-refractivity contribution in [2.45, 2.75) is 39.3 Å². The molecule has 90 valence electrons. The molecule has 1 aromatic heterocycles. The summed E-state index contributed by atoms with van der Waals surface area (Å²) < 4.78 is 1.93. The SMILES string of the molecule is CC1CCC(NCc2ncc(Cl)n2C)C1C. The van der Waals surface area contributed by atoms with E-state index in [4.69, 9.17) is 11.6 Å². The van der Waals surface area contributed by atoms with Crippen molar-refractivity contribution < 1.29 is 0 Å². The normalized spacial score (nSPS) is 29.9. The van der Waals surface area contributed by atoms with Gasteiger partial charge in [-0.3, -0.25) is 0 Å². The molecule has 1 aromatic rings. The van der Waals surface area contributed by atoms with Crippen LogP contribution >= 0.6 is 11.6 Å². The van der Waals surface area contributed by atoms with Crippen molar-refractivity contribution in [2.24, 2.45) is 18.9 Å². The lowest BCUT2D eigenvalue weighted by Gasteiger charge is -2.19. The highest BCUT2D eigenvalue weighted by atomic mass is 35.5. The second-order valence-electron chi connectivity index (χ2n) is 4.96. The average Bonchev–Trinajstić information content (AvgIpc) is 2.74. The van der Waals surface area contributed by atoms with Gasteiger partial charge in [0, 0.05) is 13.1 Å². The van der Waals surface area contributed by atoms with Gasteiger partial charge in [0.05, 0.1) is 12.7 Å². The standard InChI is InChI=1S/C12H20ClN3/c1-8-4-5-10(9(8)2)14-7-12-15-6-11(13)16(12)3/h6,8-10,14H,4-5,7H2,1-3H3. The van der Waals surface area contributed by atoms with Crippen molar-refractivity contribution in [3.05, 3.63) is 17.2 Å². The highest BCUT2D eigenvalue weighted by Crippen LogP contribution is 2.31. The maximum Gasteiger partial charge on any atom is 0.128 e. The molecule has 1 N–H and O–H groups in total. The summed E-state index contributed by atoms with van der Waals surface area (Å²) >= 11 is 5.95. The van der Waals surface area contributed by atoms with Gasteiger partial charge < -0.3 is 9.88 Å². The molecular formula is C12H20ClN3. The van der Waals surface area contributed by atoms with Gasteiger partial charge in [-0.2, -0.15) is 0 Å². The number of aromatic nitrogens is 2. The molecule has 0 amide bonds. The van der Waals surface area contributed by atoms with Gasteiger partial charge in [0.1, 0.15) is 11.0 Å². The molecule has 2 rings (SSSR count). The molecule has 0 saturated heterocycles. The van der Waals surface area contributed by atoms with Gasteiger partial charge in [0.25, 0.3) is 0 Å². The maximum atomic E-state index is 5.95. The van der Waals surface area contributed by atoms with Gasteiger partial charge in [-0.25, -0.2) is 4.98 Å². The van der Waals surface area contributed by atoms with Gasteiger partial charge in [-0.15, -0.1) is 0 Å². The van der Waals surface area contributed by atoms with Gasteiger partial charge >= 0.3 is 0 Å². The zero-order chi connectivity index (χ0) is 11.7. The van der Waals surface area contributed by atoms with E-state index in [1.54, 1.807) is 6.20 Å². The van der Waals surface area contributed by atoms with E-state index in [2.05, 4.69) is 24.1 Å². The third-order valence-electron chi connectivity index (χ3n) is 4.02. The Morgan fingerprint density at radius 1 is 1.50 bits per heavy atom. The first kappa shape index (κ1) is 11.9. The Morgan fingerprint density at radius 2 is 2.25 bits per heavy atom. The minimum Gasteiger partial charge on any atom is -0.321 e. The van der Waals surface area contributed by atoms with Crippen LogP contribution in [0.15, 0.2) is 6.20 Å². The number of hydrogen-bond acceptors (Lipinski definition) is 2. The lowest BCUT2D eigenvalue weighted by molar-refractivity contribution is 0.366. The van der Waals surface area contributed by atoms with Crippen LogP contribution in [0.2, 0.25) is 5.15 Å². The summed E-state index contributed by atoms with van der Waals surface area (Å²) in [7, 11) is 1.95. The first-order valence-electron chi connectivity index (χ1n) is 5.99. The number of imidazole rings is 1. The Bertz CT molecular complexity index is 361. The fraction of sp³-hybridized carbons (Fsp3) is 0.750. The molecule has 0 spiro atoms. The van der Waals surface area contributed by atoms with Crippen molar-refractivity contribution in [1.29, 1.82) is 0 Å². The number of nitrogens with one attached hydrogen (secondary N) is 1. The van der Waals surface area contributed by atoms with E-state index in [1.807, 2.05) is 11.6 Å². The molecular weight excluding hydrogens is 222 g/mol. The second-order valence-corrected chi connectivity index (χ2v) is 5.34. The van der Waals surface area contributed by atoms with Crippen LogP contribution in [0.5, 0.6) is 0 Å². The van der Waals surface area contributed by atoms with Crippen molar-refractivity contribution in [1.82, 2.24) is 14.9 Å². The molecule has 3 unspecified atom stereocenters. The summed E-state index contributed by atoms with van der Waals surface area (Å²) in [6.45, 7) is 5.48. The minimum absolute atomic E-state index is 0.630. The summed E-state index contributed by atoms with van der Waals surface area (Å²) in [5.74, 6) is 2.61. The first-order valence-corrected chi connectivity index (χ1v) is 6.37. The highest BCUT2D eigenvalue weighted by Gasteiger charge is 2.29. The van der Waals surface area contributed by atoms with Crippen molar-refractivity contribution in [3.63, 3.8) is 0 Å². The largest absolute Gasteiger partial charge is 0.321 e. The van der Waals surface area contributed by atoms with E-state index in [9.17, 15) is 0 Å². The van der Waals surface area contributed by atoms with Crippen molar-refractivity contribution in [3.8, 4) is 0 Å². The van der Waals surface area contributed by atoms with E-state index in [1.165, 1.54) is 12.8 Å². The fourth-order valence-electron chi connectivity index (χ4n) is 2.46. The Morgan fingerprint density at radius 3 is 2.75 bits per heavy atom. The van der Waals surface area contributed by atoms with Gasteiger partial charge in [-0.05, 0) is 24.7 Å². The lowest BCUT2D eigenvalue weighted by Crippen LogP contribution is -2.32. The predicted molar refractivity (Wildman–Crippen MR) is 66.4 cm³/mol. The Hall–Kier alpha value is -0.540. The molecule has 1 heterocycles. The molecule has 0 aliphatic heterocycles. The van der Waals surface area contributed by atoms with Crippen LogP contribution in [-0.2, 0) is 13.6 Å². The van der Waals surface area contributed by atoms with Crippen LogP contribution < -0.4 is 5.32 Å². The quantitative estimate of drug-likeness (QED) is 0.882. The molecule has 0 radical (unpaired) electrons. The van der Waals surface area contributed by atoms with Gasteiger partial charge in [0.2, 0.25) is 0 Å². The second kappa shape index (κ2) is 4.76. The van der Waals surface area contributed by atoms with E-state index in [0.717, 1.165) is 24.2 Å². The van der Waals surface area contributed by atoms with E-state index in [0.29, 0.717) is 11.2 Å². The first-order chi connectivity index (χ1) is 7.59. The number of halogens is 1. The minimum atomic E-state index is 0.630. The molecule has 3 nitrogen and oxygen atoms in total. The van der Waals surface area contributed by atoms with Crippen LogP contribution in [0.25, 0.3) is 0 Å². The third kappa shape index (κ3) is 2.25.